The highest BCUT2D eigenvalue weighted by atomic mass is 31.0. The number of likely N-dealkylation sites (N-methyl/N-ethyl adjacent to an activating group) is 1. The van der Waals surface area contributed by atoms with Crippen LogP contribution in [0, 0.1) is 0 Å². The maximum Gasteiger partial charge on any atom is 0.500 e. The monoisotopic (exact) mass is 396 g/mol. The summed E-state index contributed by atoms with van der Waals surface area (Å²) in [6, 6.07) is 0.652. The van der Waals surface area contributed by atoms with Crippen LogP contribution in [0.25, 0.3) is 0 Å². The second-order valence-corrected chi connectivity index (χ2v) is 8.50. The van der Waals surface area contributed by atoms with Gasteiger partial charge in [-0.05, 0) is 34.2 Å². The van der Waals surface area contributed by atoms with Crippen LogP contribution in [0.15, 0.2) is 0 Å². The molecule has 10 heteroatoms. The molecule has 0 aliphatic heterocycles. The zero-order valence-electron chi connectivity index (χ0n) is 16.2. The summed E-state index contributed by atoms with van der Waals surface area (Å²) in [6.45, 7) is 10.9. The molecule has 0 rings (SSSR count). The smallest absolute Gasteiger partial charge is 0.374 e. The molecule has 0 aliphatic carbocycles. The van der Waals surface area contributed by atoms with E-state index in [1.807, 2.05) is 27.8 Å². The third-order valence-electron chi connectivity index (χ3n) is 3.47. The fraction of sp³-hybridized carbons (Fsp3) is 0.933. The molecule has 25 heavy (non-hydrogen) atoms. The van der Waals surface area contributed by atoms with E-state index in [1.165, 1.54) is 0 Å². The van der Waals surface area contributed by atoms with Crippen molar-refractivity contribution in [1.82, 2.24) is 20.6 Å². The summed E-state index contributed by atoms with van der Waals surface area (Å²) >= 11 is 0. The predicted molar refractivity (Wildman–Crippen MR) is 107 cm³/mol. The van der Waals surface area contributed by atoms with E-state index in [-0.39, 0.29) is 6.03 Å². The van der Waals surface area contributed by atoms with Crippen molar-refractivity contribution in [3.8, 4) is 0 Å². The lowest BCUT2D eigenvalue weighted by Crippen LogP contribution is -2.47. The Balaban J connectivity index is 4.40. The van der Waals surface area contributed by atoms with E-state index >= 15 is 0 Å². The lowest BCUT2D eigenvalue weighted by molar-refractivity contribution is 0.0708. The molecule has 3 N–H and O–H groups in total. The van der Waals surface area contributed by atoms with E-state index in [4.69, 9.17) is 13.3 Å². The largest absolute Gasteiger partial charge is 0.500 e. The van der Waals surface area contributed by atoms with Crippen LogP contribution < -0.4 is 15.7 Å². The fourth-order valence-electron chi connectivity index (χ4n) is 2.37. The van der Waals surface area contributed by atoms with Gasteiger partial charge in [0.1, 0.15) is 0 Å². The van der Waals surface area contributed by atoms with Gasteiger partial charge in [0, 0.05) is 58.6 Å². The van der Waals surface area contributed by atoms with Crippen LogP contribution >= 0.6 is 9.39 Å². The SMILES string of the molecule is CCO[Si](CCCNC(=O)N(CCNC)CCNP)(OCC)OCC. The van der Waals surface area contributed by atoms with Crippen LogP contribution in [0.4, 0.5) is 4.79 Å². The summed E-state index contributed by atoms with van der Waals surface area (Å²) in [5.74, 6) is 0. The highest BCUT2D eigenvalue weighted by Crippen LogP contribution is 2.17. The standard InChI is InChI=1S/C15H37N4O4PSi/c1-5-21-25(22-6-2,23-7-3)14-8-9-17-15(20)19(12-10-16-4)13-11-18-24/h16,18H,5-14,24H2,1-4H3,(H,17,20). The zero-order chi connectivity index (χ0) is 19.0. The summed E-state index contributed by atoms with van der Waals surface area (Å²) in [5, 5.41) is 9.04. The van der Waals surface area contributed by atoms with Crippen LogP contribution in [0.5, 0.6) is 0 Å². The summed E-state index contributed by atoms with van der Waals surface area (Å²) in [7, 11) is 1.71. The summed E-state index contributed by atoms with van der Waals surface area (Å²) in [5.41, 5.74) is 0. The van der Waals surface area contributed by atoms with Gasteiger partial charge in [0.25, 0.3) is 0 Å². The molecule has 0 aromatic rings. The van der Waals surface area contributed by atoms with E-state index < -0.39 is 8.80 Å². The molecule has 0 radical (unpaired) electrons. The Morgan fingerprint density at radius 2 is 1.56 bits per heavy atom. The minimum atomic E-state index is -2.62. The Labute approximate surface area is 156 Å². The number of amides is 2. The molecule has 0 fully saturated rings. The molecule has 150 valence electrons. The first-order valence-corrected chi connectivity index (χ1v) is 11.6. The molecule has 0 spiro atoms. The maximum absolute atomic E-state index is 12.3. The van der Waals surface area contributed by atoms with Crippen LogP contribution in [-0.4, -0.2) is 79.3 Å². The first-order valence-electron chi connectivity index (χ1n) is 9.11. The van der Waals surface area contributed by atoms with Crippen LogP contribution in [-0.2, 0) is 13.3 Å². The van der Waals surface area contributed by atoms with Gasteiger partial charge >= 0.3 is 14.8 Å². The number of hydrogen-bond donors (Lipinski definition) is 3. The number of nitrogens with zero attached hydrogens (tertiary/aromatic N) is 1. The number of rotatable bonds is 16. The van der Waals surface area contributed by atoms with E-state index in [0.29, 0.717) is 45.5 Å². The van der Waals surface area contributed by atoms with Gasteiger partial charge in [0.05, 0.1) is 0 Å². The average molecular weight is 397 g/mol. The van der Waals surface area contributed by atoms with E-state index in [2.05, 4.69) is 25.1 Å². The van der Waals surface area contributed by atoms with Crippen molar-refractivity contribution in [2.24, 2.45) is 0 Å². The Kier molecular flexibility index (Phi) is 15.8. The van der Waals surface area contributed by atoms with Crippen LogP contribution in [0.1, 0.15) is 27.2 Å². The first-order chi connectivity index (χ1) is 12.1. The molecule has 0 aromatic heterocycles. The Morgan fingerprint density at radius 1 is 1.00 bits per heavy atom. The van der Waals surface area contributed by atoms with Gasteiger partial charge < -0.3 is 28.8 Å². The number of nitrogens with one attached hydrogen (secondary N) is 3. The van der Waals surface area contributed by atoms with Crippen molar-refractivity contribution < 1.29 is 18.1 Å². The molecular formula is C15H37N4O4PSi. The third kappa shape index (κ3) is 11.1. The van der Waals surface area contributed by atoms with Crippen LogP contribution in [0.2, 0.25) is 6.04 Å². The first kappa shape index (κ1) is 24.7. The van der Waals surface area contributed by atoms with E-state index in [0.717, 1.165) is 19.5 Å². The second-order valence-electron chi connectivity index (χ2n) is 5.36. The maximum atomic E-state index is 12.3. The van der Waals surface area contributed by atoms with Gasteiger partial charge in [-0.2, -0.15) is 0 Å². The summed E-state index contributed by atoms with van der Waals surface area (Å²) < 4.78 is 17.5. The lowest BCUT2D eigenvalue weighted by atomic mass is 10.4. The van der Waals surface area contributed by atoms with Crippen molar-refractivity contribution in [2.75, 3.05) is 59.6 Å². The van der Waals surface area contributed by atoms with Crippen molar-refractivity contribution >= 4 is 24.2 Å². The molecule has 0 heterocycles. The topological polar surface area (TPSA) is 84.1 Å². The normalized spacial score (nSPS) is 11.6. The molecule has 0 aromatic carbocycles. The highest BCUT2D eigenvalue weighted by Gasteiger charge is 2.39. The average Bonchev–Trinajstić information content (AvgIpc) is 2.59. The molecule has 2 amide bonds. The highest BCUT2D eigenvalue weighted by molar-refractivity contribution is 7.13. The van der Waals surface area contributed by atoms with Gasteiger partial charge in [-0.3, -0.25) is 5.09 Å². The van der Waals surface area contributed by atoms with Gasteiger partial charge in [0.15, 0.2) is 0 Å². The Morgan fingerprint density at radius 3 is 2.04 bits per heavy atom. The zero-order valence-corrected chi connectivity index (χ0v) is 18.4. The third-order valence-corrected chi connectivity index (χ3v) is 6.91. The van der Waals surface area contributed by atoms with E-state index in [1.54, 1.807) is 4.90 Å². The number of hydrogen-bond acceptors (Lipinski definition) is 6. The fourth-order valence-corrected chi connectivity index (χ4v) is 5.12. The minimum Gasteiger partial charge on any atom is -0.374 e. The molecule has 0 bridgehead atoms. The molecule has 0 saturated carbocycles. The summed E-state index contributed by atoms with van der Waals surface area (Å²) in [4.78, 5) is 14.1. The van der Waals surface area contributed by atoms with Gasteiger partial charge in [-0.15, -0.1) is 0 Å². The van der Waals surface area contributed by atoms with Crippen molar-refractivity contribution in [3.63, 3.8) is 0 Å². The number of urea groups is 1. The second kappa shape index (κ2) is 15.9. The number of carbonyl (C=O) groups excluding carboxylic acids is 1. The van der Waals surface area contributed by atoms with Crippen molar-refractivity contribution in [3.05, 3.63) is 0 Å². The lowest BCUT2D eigenvalue weighted by Gasteiger charge is -2.28. The minimum absolute atomic E-state index is 0.0491. The van der Waals surface area contributed by atoms with Gasteiger partial charge in [0.2, 0.25) is 0 Å². The molecule has 1 unspecified atom stereocenters. The van der Waals surface area contributed by atoms with E-state index in [9.17, 15) is 4.79 Å². The summed E-state index contributed by atoms with van der Waals surface area (Å²) in [6.07, 6.45) is 0.764. The molecule has 0 aliphatic rings. The number of carbonyl (C=O) groups is 1. The van der Waals surface area contributed by atoms with Crippen molar-refractivity contribution in [1.29, 1.82) is 0 Å². The Bertz CT molecular complexity index is 318. The quantitative estimate of drug-likeness (QED) is 0.205. The van der Waals surface area contributed by atoms with Gasteiger partial charge in [-0.25, -0.2) is 4.79 Å². The molecule has 1 atom stereocenters. The molecule has 8 nitrogen and oxygen atoms in total. The van der Waals surface area contributed by atoms with Gasteiger partial charge in [-0.1, -0.05) is 9.39 Å². The van der Waals surface area contributed by atoms with Crippen molar-refractivity contribution in [2.45, 2.75) is 33.2 Å². The van der Waals surface area contributed by atoms with Crippen LogP contribution in [0.3, 0.4) is 0 Å². The molecule has 0 saturated heterocycles. The Hall–Kier alpha value is -0.283. The molecular weight excluding hydrogens is 359 g/mol. The predicted octanol–water partition coefficient (Wildman–Crippen LogP) is 1.04.